The summed E-state index contributed by atoms with van der Waals surface area (Å²) in [5.41, 5.74) is 1.76. The molecule has 0 radical (unpaired) electrons. The summed E-state index contributed by atoms with van der Waals surface area (Å²) in [5.74, 6) is -0.206. The van der Waals surface area contributed by atoms with Crippen LogP contribution in [0.5, 0.6) is 0 Å². The highest BCUT2D eigenvalue weighted by molar-refractivity contribution is 5.94. The van der Waals surface area contributed by atoms with Crippen LogP contribution in [0.25, 0.3) is 11.0 Å². The van der Waals surface area contributed by atoms with Crippen LogP contribution >= 0.6 is 0 Å². The Balaban J connectivity index is 1.94. The molecule has 1 aromatic carbocycles. The number of nitrogens with zero attached hydrogens (tertiary/aromatic N) is 4. The number of carbonyl (C=O) groups excluding carboxylic acids is 1. The Bertz CT molecular complexity index is 672. The Morgan fingerprint density at radius 1 is 1.37 bits per heavy atom. The average Bonchev–Trinajstić information content (AvgIpc) is 3.28. The van der Waals surface area contributed by atoms with E-state index in [0.29, 0.717) is 11.2 Å². The number of benzene rings is 1. The van der Waals surface area contributed by atoms with E-state index in [0.717, 1.165) is 18.4 Å². The molecule has 0 N–H and O–H groups in total. The van der Waals surface area contributed by atoms with Crippen molar-refractivity contribution in [3.63, 3.8) is 0 Å². The van der Waals surface area contributed by atoms with Crippen LogP contribution in [0.1, 0.15) is 23.3 Å². The molecule has 1 aliphatic carbocycles. The van der Waals surface area contributed by atoms with Crippen LogP contribution in [0.4, 0.5) is 0 Å². The summed E-state index contributed by atoms with van der Waals surface area (Å²) in [7, 11) is 0. The number of nitriles is 1. The third kappa shape index (κ3) is 2.25. The molecule has 5 heteroatoms. The van der Waals surface area contributed by atoms with Crippen molar-refractivity contribution in [2.45, 2.75) is 18.9 Å². The van der Waals surface area contributed by atoms with E-state index in [1.54, 1.807) is 4.90 Å². The zero-order valence-electron chi connectivity index (χ0n) is 10.3. The number of rotatable bonds is 3. The van der Waals surface area contributed by atoms with Crippen LogP contribution in [-0.2, 0) is 0 Å². The summed E-state index contributed by atoms with van der Waals surface area (Å²) in [6.07, 6.45) is 3.42. The number of fused-ring (bicyclic) bond motifs is 1. The highest BCUT2D eigenvalue weighted by Gasteiger charge is 2.33. The van der Waals surface area contributed by atoms with Gasteiger partial charge in [-0.05, 0) is 25.0 Å². The number of amides is 1. The maximum Gasteiger partial charge on any atom is 0.275 e. The van der Waals surface area contributed by atoms with Crippen molar-refractivity contribution in [1.82, 2.24) is 14.9 Å². The molecule has 5 nitrogen and oxygen atoms in total. The molecule has 0 spiro atoms. The fourth-order valence-corrected chi connectivity index (χ4v) is 2.04. The van der Waals surface area contributed by atoms with E-state index < -0.39 is 0 Å². The quantitative estimate of drug-likeness (QED) is 0.780. The van der Waals surface area contributed by atoms with Gasteiger partial charge in [0.1, 0.15) is 12.2 Å². The average molecular weight is 252 g/mol. The van der Waals surface area contributed by atoms with Crippen molar-refractivity contribution in [2.75, 3.05) is 6.54 Å². The second kappa shape index (κ2) is 4.65. The first-order chi connectivity index (χ1) is 9.29. The van der Waals surface area contributed by atoms with Crippen molar-refractivity contribution in [3.8, 4) is 6.07 Å². The molecule has 1 aliphatic rings. The van der Waals surface area contributed by atoms with Gasteiger partial charge in [0.25, 0.3) is 5.91 Å². The highest BCUT2D eigenvalue weighted by Crippen LogP contribution is 2.27. The fourth-order valence-electron chi connectivity index (χ4n) is 2.04. The smallest absolute Gasteiger partial charge is 0.275 e. The molecule has 0 saturated heterocycles. The number of hydrogen-bond donors (Lipinski definition) is 0. The molecule has 0 atom stereocenters. The minimum Gasteiger partial charge on any atom is -0.321 e. The third-order valence-electron chi connectivity index (χ3n) is 3.16. The van der Waals surface area contributed by atoms with Gasteiger partial charge in [0.05, 0.1) is 23.3 Å². The lowest BCUT2D eigenvalue weighted by Gasteiger charge is -2.18. The number of hydrogen-bond acceptors (Lipinski definition) is 4. The van der Waals surface area contributed by atoms with Gasteiger partial charge < -0.3 is 4.90 Å². The summed E-state index contributed by atoms with van der Waals surface area (Å²) in [6, 6.07) is 9.64. The van der Waals surface area contributed by atoms with Crippen molar-refractivity contribution in [2.24, 2.45) is 0 Å². The molecule has 1 fully saturated rings. The predicted octanol–water partition coefficient (Wildman–Crippen LogP) is 1.76. The van der Waals surface area contributed by atoms with Gasteiger partial charge >= 0.3 is 0 Å². The van der Waals surface area contributed by atoms with E-state index in [1.807, 2.05) is 30.3 Å². The SMILES string of the molecule is N#CCN(C(=O)c1cnc2ccccc2n1)C1CC1. The molecule has 0 unspecified atom stereocenters. The number of para-hydroxylation sites is 2. The maximum absolute atomic E-state index is 12.3. The lowest BCUT2D eigenvalue weighted by Crippen LogP contribution is -2.34. The van der Waals surface area contributed by atoms with E-state index in [4.69, 9.17) is 5.26 Å². The van der Waals surface area contributed by atoms with E-state index in [1.165, 1.54) is 6.20 Å². The Hall–Kier alpha value is -2.48. The van der Waals surface area contributed by atoms with Gasteiger partial charge in [-0.3, -0.25) is 9.78 Å². The standard InChI is InChI=1S/C14H12N4O/c15-7-8-18(10-5-6-10)14(19)13-9-16-11-3-1-2-4-12(11)17-13/h1-4,9-10H,5-6,8H2. The van der Waals surface area contributed by atoms with Crippen LogP contribution < -0.4 is 0 Å². The van der Waals surface area contributed by atoms with Gasteiger partial charge in [-0.2, -0.15) is 5.26 Å². The maximum atomic E-state index is 12.3. The topological polar surface area (TPSA) is 69.9 Å². The monoisotopic (exact) mass is 252 g/mol. The van der Waals surface area contributed by atoms with Crippen molar-refractivity contribution in [3.05, 3.63) is 36.2 Å². The first kappa shape index (κ1) is 11.6. The van der Waals surface area contributed by atoms with Gasteiger partial charge in [-0.1, -0.05) is 12.1 Å². The lowest BCUT2D eigenvalue weighted by molar-refractivity contribution is 0.0759. The zero-order valence-corrected chi connectivity index (χ0v) is 10.3. The van der Waals surface area contributed by atoms with Gasteiger partial charge in [-0.25, -0.2) is 4.98 Å². The Morgan fingerprint density at radius 3 is 2.79 bits per heavy atom. The summed E-state index contributed by atoms with van der Waals surface area (Å²) < 4.78 is 0. The van der Waals surface area contributed by atoms with Gasteiger partial charge in [0.15, 0.2) is 0 Å². The molecule has 2 aromatic rings. The fraction of sp³-hybridized carbons (Fsp3) is 0.286. The molecule has 1 heterocycles. The Morgan fingerprint density at radius 2 is 2.11 bits per heavy atom. The molecule has 1 amide bonds. The third-order valence-corrected chi connectivity index (χ3v) is 3.16. The van der Waals surface area contributed by atoms with Crippen molar-refractivity contribution >= 4 is 16.9 Å². The molecule has 94 valence electrons. The normalized spacial score (nSPS) is 14.1. The molecular weight excluding hydrogens is 240 g/mol. The highest BCUT2D eigenvalue weighted by atomic mass is 16.2. The van der Waals surface area contributed by atoms with Crippen LogP contribution in [0.15, 0.2) is 30.5 Å². The number of carbonyl (C=O) groups is 1. The molecule has 1 saturated carbocycles. The van der Waals surface area contributed by atoms with Crippen LogP contribution in [-0.4, -0.2) is 33.4 Å². The molecule has 3 rings (SSSR count). The minimum atomic E-state index is -0.206. The molecule has 19 heavy (non-hydrogen) atoms. The summed E-state index contributed by atoms with van der Waals surface area (Å²) in [4.78, 5) is 22.5. The van der Waals surface area contributed by atoms with E-state index in [2.05, 4.69) is 9.97 Å². The van der Waals surface area contributed by atoms with Gasteiger partial charge in [0.2, 0.25) is 0 Å². The van der Waals surface area contributed by atoms with Crippen LogP contribution in [0.2, 0.25) is 0 Å². The summed E-state index contributed by atoms with van der Waals surface area (Å²) in [5, 5.41) is 8.80. The molecule has 0 aliphatic heterocycles. The molecule has 1 aromatic heterocycles. The zero-order chi connectivity index (χ0) is 13.2. The van der Waals surface area contributed by atoms with Crippen molar-refractivity contribution < 1.29 is 4.79 Å². The first-order valence-corrected chi connectivity index (χ1v) is 6.19. The van der Waals surface area contributed by atoms with E-state index in [9.17, 15) is 4.79 Å². The largest absolute Gasteiger partial charge is 0.321 e. The van der Waals surface area contributed by atoms with Gasteiger partial charge in [0, 0.05) is 6.04 Å². The summed E-state index contributed by atoms with van der Waals surface area (Å²) in [6.45, 7) is 0.109. The lowest BCUT2D eigenvalue weighted by atomic mass is 10.3. The Labute approximate surface area is 110 Å². The Kier molecular flexibility index (Phi) is 2.84. The van der Waals surface area contributed by atoms with Crippen LogP contribution in [0, 0.1) is 11.3 Å². The van der Waals surface area contributed by atoms with E-state index in [-0.39, 0.29) is 18.5 Å². The second-order valence-electron chi connectivity index (χ2n) is 4.57. The van der Waals surface area contributed by atoms with E-state index >= 15 is 0 Å². The minimum absolute atomic E-state index is 0.109. The van der Waals surface area contributed by atoms with Crippen LogP contribution in [0.3, 0.4) is 0 Å². The molecule has 0 bridgehead atoms. The molecular formula is C14H12N4O. The predicted molar refractivity (Wildman–Crippen MR) is 69.2 cm³/mol. The second-order valence-corrected chi connectivity index (χ2v) is 4.57. The summed E-state index contributed by atoms with van der Waals surface area (Å²) >= 11 is 0. The van der Waals surface area contributed by atoms with Gasteiger partial charge in [-0.15, -0.1) is 0 Å². The number of aromatic nitrogens is 2. The first-order valence-electron chi connectivity index (χ1n) is 6.19. The van der Waals surface area contributed by atoms with Crippen molar-refractivity contribution in [1.29, 1.82) is 5.26 Å².